The highest BCUT2D eigenvalue weighted by molar-refractivity contribution is 7.91. The van der Waals surface area contributed by atoms with Crippen LogP contribution in [0.1, 0.15) is 23.4 Å². The number of hydrogen-bond acceptors (Lipinski definition) is 8. The second-order valence-corrected chi connectivity index (χ2v) is 11.0. The van der Waals surface area contributed by atoms with Crippen molar-refractivity contribution in [1.29, 1.82) is 0 Å². The van der Waals surface area contributed by atoms with Crippen LogP contribution in [0.5, 0.6) is 5.75 Å². The monoisotopic (exact) mass is 502 g/mol. The molecule has 3 aromatic rings. The molecule has 1 N–H and O–H groups in total. The van der Waals surface area contributed by atoms with Gasteiger partial charge in [-0.15, -0.1) is 0 Å². The van der Waals surface area contributed by atoms with Crippen LogP contribution < -0.4 is 10.1 Å². The number of ether oxygens (including phenoxy) is 1. The minimum Gasteiger partial charge on any atom is -0.483 e. The normalized spacial score (nSPS) is 17.0. The fourth-order valence-corrected chi connectivity index (χ4v) is 5.66. The van der Waals surface area contributed by atoms with E-state index in [0.717, 1.165) is 22.4 Å². The number of halogens is 1. The van der Waals surface area contributed by atoms with Crippen molar-refractivity contribution < 1.29 is 27.0 Å². The molecule has 2 aromatic carbocycles. The Labute approximate surface area is 203 Å². The number of amides is 1. The van der Waals surface area contributed by atoms with Crippen molar-refractivity contribution in [3.8, 4) is 16.9 Å². The largest absolute Gasteiger partial charge is 0.483 e. The Kier molecular flexibility index (Phi) is 7.46. The standard InChI is InChI=1S/C24H27FN4O5S/c1-16-22(28-34-27-16)13-29(2)12-19-11-18(17-3-6-20(25)7-4-17)5-8-23(19)33-14-24(30)26-21-9-10-35(31,32)15-21/h3-8,11,21H,9-10,12-15H2,1-2H3,(H,26,30)/t21-/m0/s1. The molecule has 0 unspecified atom stereocenters. The van der Waals surface area contributed by atoms with Crippen molar-refractivity contribution in [3.63, 3.8) is 0 Å². The highest BCUT2D eigenvalue weighted by Gasteiger charge is 2.29. The Bertz CT molecular complexity index is 1290. The maximum atomic E-state index is 13.4. The van der Waals surface area contributed by atoms with Gasteiger partial charge in [0.2, 0.25) is 0 Å². The summed E-state index contributed by atoms with van der Waals surface area (Å²) < 4.78 is 47.2. The Morgan fingerprint density at radius 2 is 1.91 bits per heavy atom. The van der Waals surface area contributed by atoms with Crippen LogP contribution in [0.15, 0.2) is 47.1 Å². The van der Waals surface area contributed by atoms with Crippen LogP contribution in [0.25, 0.3) is 11.1 Å². The summed E-state index contributed by atoms with van der Waals surface area (Å²) in [4.78, 5) is 14.4. The first-order valence-electron chi connectivity index (χ1n) is 11.2. The van der Waals surface area contributed by atoms with Gasteiger partial charge >= 0.3 is 0 Å². The third kappa shape index (κ3) is 6.64. The first kappa shape index (κ1) is 24.8. The zero-order valence-electron chi connectivity index (χ0n) is 19.5. The molecular weight excluding hydrogens is 475 g/mol. The Balaban J connectivity index is 1.49. The number of carbonyl (C=O) groups excluding carboxylic acids is 1. The van der Waals surface area contributed by atoms with E-state index >= 15 is 0 Å². The van der Waals surface area contributed by atoms with E-state index in [-0.39, 0.29) is 35.9 Å². The molecule has 4 rings (SSSR count). The summed E-state index contributed by atoms with van der Waals surface area (Å²) in [5.41, 5.74) is 3.97. The van der Waals surface area contributed by atoms with Gasteiger partial charge in [0.15, 0.2) is 16.4 Å². The summed E-state index contributed by atoms with van der Waals surface area (Å²) >= 11 is 0. The van der Waals surface area contributed by atoms with Crippen molar-refractivity contribution in [2.75, 3.05) is 25.2 Å². The van der Waals surface area contributed by atoms with Crippen LogP contribution >= 0.6 is 0 Å². The van der Waals surface area contributed by atoms with Crippen LogP contribution in [0.2, 0.25) is 0 Å². The third-order valence-corrected chi connectivity index (χ3v) is 7.57. The van der Waals surface area contributed by atoms with Crippen molar-refractivity contribution in [2.45, 2.75) is 32.5 Å². The van der Waals surface area contributed by atoms with Gasteiger partial charge in [-0.05, 0) is 55.8 Å². The molecule has 1 aromatic heterocycles. The molecule has 1 amide bonds. The van der Waals surface area contributed by atoms with Gasteiger partial charge in [0.25, 0.3) is 5.91 Å². The van der Waals surface area contributed by atoms with Gasteiger partial charge in [0.1, 0.15) is 23.0 Å². The van der Waals surface area contributed by atoms with Gasteiger partial charge in [-0.2, -0.15) is 0 Å². The van der Waals surface area contributed by atoms with E-state index in [1.165, 1.54) is 12.1 Å². The second-order valence-electron chi connectivity index (χ2n) is 8.75. The van der Waals surface area contributed by atoms with E-state index in [0.29, 0.717) is 31.0 Å². The summed E-state index contributed by atoms with van der Waals surface area (Å²) in [6.07, 6.45) is 0.410. The van der Waals surface area contributed by atoms with Crippen molar-refractivity contribution in [3.05, 3.63) is 65.2 Å². The molecule has 9 nitrogen and oxygen atoms in total. The molecule has 0 spiro atoms. The molecule has 0 aliphatic carbocycles. The lowest BCUT2D eigenvalue weighted by atomic mass is 10.0. The van der Waals surface area contributed by atoms with Crippen LogP contribution in [0.4, 0.5) is 4.39 Å². The molecule has 1 aliphatic heterocycles. The lowest BCUT2D eigenvalue weighted by Gasteiger charge is -2.19. The Morgan fingerprint density at radius 3 is 2.57 bits per heavy atom. The van der Waals surface area contributed by atoms with Crippen LogP contribution in [0.3, 0.4) is 0 Å². The summed E-state index contributed by atoms with van der Waals surface area (Å²) in [5, 5.41) is 10.5. The summed E-state index contributed by atoms with van der Waals surface area (Å²) in [6, 6.07) is 11.4. The first-order chi connectivity index (χ1) is 16.7. The van der Waals surface area contributed by atoms with E-state index in [2.05, 4.69) is 15.6 Å². The zero-order chi connectivity index (χ0) is 25.0. The van der Waals surface area contributed by atoms with Crippen LogP contribution in [-0.2, 0) is 27.7 Å². The Hall–Kier alpha value is -3.31. The molecule has 186 valence electrons. The van der Waals surface area contributed by atoms with Gasteiger partial charge in [0, 0.05) is 24.7 Å². The fraction of sp³-hybridized carbons (Fsp3) is 0.375. The van der Waals surface area contributed by atoms with Gasteiger partial charge in [-0.3, -0.25) is 9.69 Å². The maximum absolute atomic E-state index is 13.4. The van der Waals surface area contributed by atoms with E-state index in [4.69, 9.17) is 9.37 Å². The molecule has 0 radical (unpaired) electrons. The SMILES string of the molecule is Cc1nonc1CN(C)Cc1cc(-c2ccc(F)cc2)ccc1OCC(=O)N[C@H]1CCS(=O)(=O)C1. The zero-order valence-corrected chi connectivity index (χ0v) is 20.3. The van der Waals surface area contributed by atoms with Crippen LogP contribution in [-0.4, -0.2) is 60.7 Å². The highest BCUT2D eigenvalue weighted by Crippen LogP contribution is 2.28. The molecule has 0 bridgehead atoms. The Morgan fingerprint density at radius 1 is 1.17 bits per heavy atom. The molecule has 1 aliphatic rings. The highest BCUT2D eigenvalue weighted by atomic mass is 32.2. The third-order valence-electron chi connectivity index (χ3n) is 5.80. The number of aryl methyl sites for hydroxylation is 1. The second kappa shape index (κ2) is 10.5. The molecular formula is C24H27FN4O5S. The predicted molar refractivity (Wildman–Crippen MR) is 127 cm³/mol. The fourth-order valence-electron chi connectivity index (χ4n) is 3.98. The number of hydrogen-bond donors (Lipinski definition) is 1. The van der Waals surface area contributed by atoms with Gasteiger partial charge in [0.05, 0.1) is 11.5 Å². The molecule has 0 saturated carbocycles. The average molecular weight is 503 g/mol. The van der Waals surface area contributed by atoms with E-state index in [9.17, 15) is 17.6 Å². The molecule has 35 heavy (non-hydrogen) atoms. The number of nitrogens with zero attached hydrogens (tertiary/aromatic N) is 3. The average Bonchev–Trinajstić information content (AvgIpc) is 3.37. The molecule has 1 atom stereocenters. The van der Waals surface area contributed by atoms with Crippen molar-refractivity contribution in [1.82, 2.24) is 20.5 Å². The van der Waals surface area contributed by atoms with Crippen molar-refractivity contribution in [2.24, 2.45) is 0 Å². The number of nitrogens with one attached hydrogen (secondary N) is 1. The van der Waals surface area contributed by atoms with Gasteiger partial charge < -0.3 is 10.1 Å². The summed E-state index contributed by atoms with van der Waals surface area (Å²) in [6.45, 7) is 2.54. The lowest BCUT2D eigenvalue weighted by molar-refractivity contribution is -0.123. The van der Waals surface area contributed by atoms with E-state index in [1.54, 1.807) is 18.2 Å². The molecule has 2 heterocycles. The van der Waals surface area contributed by atoms with Gasteiger partial charge in [-0.1, -0.05) is 28.5 Å². The minimum absolute atomic E-state index is 0.0442. The lowest BCUT2D eigenvalue weighted by Crippen LogP contribution is -2.38. The minimum atomic E-state index is -3.09. The predicted octanol–water partition coefficient (Wildman–Crippen LogP) is 2.50. The molecule has 1 saturated heterocycles. The quantitative estimate of drug-likeness (QED) is 0.475. The summed E-state index contributed by atoms with van der Waals surface area (Å²) in [7, 11) is -1.18. The smallest absolute Gasteiger partial charge is 0.258 e. The van der Waals surface area contributed by atoms with E-state index in [1.807, 2.05) is 31.0 Å². The van der Waals surface area contributed by atoms with Crippen molar-refractivity contribution >= 4 is 15.7 Å². The van der Waals surface area contributed by atoms with Gasteiger partial charge in [-0.25, -0.2) is 17.4 Å². The molecule has 1 fully saturated rings. The first-order valence-corrected chi connectivity index (χ1v) is 13.0. The number of benzene rings is 2. The number of aromatic nitrogens is 2. The maximum Gasteiger partial charge on any atom is 0.258 e. The number of carbonyl (C=O) groups is 1. The van der Waals surface area contributed by atoms with Crippen LogP contribution in [0, 0.1) is 12.7 Å². The summed E-state index contributed by atoms with van der Waals surface area (Å²) in [5.74, 6) is -0.130. The van der Waals surface area contributed by atoms with E-state index < -0.39 is 9.84 Å². The topological polar surface area (TPSA) is 115 Å². The number of sulfone groups is 1. The molecule has 11 heteroatoms. The number of rotatable bonds is 9.